The first-order chi connectivity index (χ1) is 18.1. The number of halogens is 1. The summed E-state index contributed by atoms with van der Waals surface area (Å²) in [6.07, 6.45) is 1.89. The van der Waals surface area contributed by atoms with Gasteiger partial charge in [0.05, 0.1) is 18.2 Å². The molecule has 4 rings (SSSR count). The molecule has 12 heteroatoms. The van der Waals surface area contributed by atoms with Gasteiger partial charge in [0.2, 0.25) is 5.91 Å². The Morgan fingerprint density at radius 2 is 1.85 bits per heavy atom. The van der Waals surface area contributed by atoms with Gasteiger partial charge >= 0.3 is 5.97 Å². The molecule has 0 radical (unpaired) electrons. The normalized spacial score (nSPS) is 19.6. The molecule has 10 nitrogen and oxygen atoms in total. The van der Waals surface area contributed by atoms with Crippen LogP contribution in [0.5, 0.6) is 5.75 Å². The number of benzene rings is 2. The topological polar surface area (TPSA) is 154 Å². The Morgan fingerprint density at radius 3 is 2.46 bits per heavy atom. The first kappa shape index (κ1) is 30.6. The third-order valence-electron chi connectivity index (χ3n) is 6.63. The molecule has 212 valence electrons. The number of amides is 1. The Hall–Kier alpha value is -2.96. The molecule has 2 atom stereocenters. The number of carbonyl (C=O) groups excluding carboxylic acids is 2. The van der Waals surface area contributed by atoms with E-state index >= 15 is 0 Å². The van der Waals surface area contributed by atoms with Gasteiger partial charge in [0, 0.05) is 29.7 Å². The van der Waals surface area contributed by atoms with Crippen LogP contribution in [-0.2, 0) is 35.8 Å². The maximum absolute atomic E-state index is 13.4. The average Bonchev–Trinajstić information content (AvgIpc) is 3.39. The lowest BCUT2D eigenvalue weighted by molar-refractivity contribution is -0.141. The van der Waals surface area contributed by atoms with Crippen LogP contribution in [0.2, 0.25) is 5.02 Å². The van der Waals surface area contributed by atoms with Crippen LogP contribution < -0.4 is 10.9 Å². The molecule has 2 aromatic carbocycles. The highest BCUT2D eigenvalue weighted by Gasteiger charge is 2.38. The highest BCUT2D eigenvalue weighted by molar-refractivity contribution is 7.85. The fourth-order valence-corrected chi connectivity index (χ4v) is 5.07. The van der Waals surface area contributed by atoms with Crippen molar-refractivity contribution in [2.24, 2.45) is 0 Å². The van der Waals surface area contributed by atoms with Crippen LogP contribution >= 0.6 is 11.6 Å². The number of nitrogens with zero attached hydrogens (tertiary/aromatic N) is 1. The van der Waals surface area contributed by atoms with Crippen LogP contribution in [0.25, 0.3) is 0 Å². The van der Waals surface area contributed by atoms with Gasteiger partial charge in [-0.05, 0) is 55.2 Å². The van der Waals surface area contributed by atoms with Gasteiger partial charge < -0.3 is 25.3 Å². The third-order valence-corrected chi connectivity index (χ3v) is 7.56. The van der Waals surface area contributed by atoms with Gasteiger partial charge in [-0.3, -0.25) is 9.35 Å². The first-order valence-electron chi connectivity index (χ1n) is 12.3. The number of rotatable bonds is 10. The standard InChI is InChI=1S/C27H30ClNO8S.H3N/c1-18-26(27(31)37-17-19-4-10-22(11-5-19)36-13-14-38(32,33)34)24(20-6-8-21(28)9-7-20)15-25(30)29(18)16-23-3-2-12-35-23;/h4-11,23-24H,2-3,12-17H2,1H3,(H,32,33,34);1H3/t23-,24+;/m1./s1. The van der Waals surface area contributed by atoms with Crippen molar-refractivity contribution >= 4 is 33.6 Å². The minimum atomic E-state index is -4.10. The molecule has 1 amide bonds. The van der Waals surface area contributed by atoms with Crippen LogP contribution in [0.1, 0.15) is 43.2 Å². The lowest BCUT2D eigenvalue weighted by Gasteiger charge is -2.35. The molecule has 39 heavy (non-hydrogen) atoms. The second-order valence-electron chi connectivity index (χ2n) is 9.30. The van der Waals surface area contributed by atoms with E-state index in [1.165, 1.54) is 0 Å². The van der Waals surface area contributed by atoms with Crippen molar-refractivity contribution in [1.29, 1.82) is 0 Å². The average molecular weight is 581 g/mol. The lowest BCUT2D eigenvalue weighted by atomic mass is 9.83. The fraction of sp³-hybridized carbons (Fsp3) is 0.407. The highest BCUT2D eigenvalue weighted by Crippen LogP contribution is 2.38. The minimum absolute atomic E-state index is 0. The van der Waals surface area contributed by atoms with E-state index in [1.807, 2.05) is 12.1 Å². The van der Waals surface area contributed by atoms with Gasteiger partial charge in [-0.25, -0.2) is 4.79 Å². The molecular formula is C27H33ClN2O8S. The van der Waals surface area contributed by atoms with Crippen molar-refractivity contribution in [3.05, 3.63) is 76.0 Å². The molecule has 0 aliphatic carbocycles. The van der Waals surface area contributed by atoms with E-state index in [1.54, 1.807) is 48.2 Å². The number of hydrogen-bond acceptors (Lipinski definition) is 8. The van der Waals surface area contributed by atoms with E-state index in [0.29, 0.717) is 40.8 Å². The smallest absolute Gasteiger partial charge is 0.336 e. The molecule has 0 unspecified atom stereocenters. The summed E-state index contributed by atoms with van der Waals surface area (Å²) in [6, 6.07) is 13.7. The zero-order valence-corrected chi connectivity index (χ0v) is 23.2. The number of hydrogen-bond donors (Lipinski definition) is 2. The van der Waals surface area contributed by atoms with Gasteiger partial charge in [0.15, 0.2) is 0 Å². The second kappa shape index (κ2) is 13.4. The van der Waals surface area contributed by atoms with E-state index in [-0.39, 0.29) is 37.8 Å². The molecule has 2 aliphatic heterocycles. The Morgan fingerprint density at radius 1 is 1.15 bits per heavy atom. The molecule has 4 N–H and O–H groups in total. The quantitative estimate of drug-likeness (QED) is 0.309. The summed E-state index contributed by atoms with van der Waals surface area (Å²) in [6.45, 7) is 2.64. The summed E-state index contributed by atoms with van der Waals surface area (Å²) in [5.74, 6) is -1.14. The van der Waals surface area contributed by atoms with E-state index in [4.69, 9.17) is 30.4 Å². The number of allylic oxidation sites excluding steroid dienone is 1. The van der Waals surface area contributed by atoms with Crippen LogP contribution in [0, 0.1) is 0 Å². The van der Waals surface area contributed by atoms with E-state index in [9.17, 15) is 18.0 Å². The Labute approximate surface area is 233 Å². The summed E-state index contributed by atoms with van der Waals surface area (Å²) < 4.78 is 47.2. The van der Waals surface area contributed by atoms with Gasteiger partial charge in [0.1, 0.15) is 24.7 Å². The number of carbonyl (C=O) groups is 2. The Kier molecular flexibility index (Phi) is 10.5. The Bertz CT molecular complexity index is 1290. The molecule has 2 aromatic rings. The summed E-state index contributed by atoms with van der Waals surface area (Å²) in [5.41, 5.74) is 2.49. The van der Waals surface area contributed by atoms with Crippen LogP contribution in [-0.4, -0.2) is 61.4 Å². The maximum Gasteiger partial charge on any atom is 0.336 e. The highest BCUT2D eigenvalue weighted by atomic mass is 35.5. The van der Waals surface area contributed by atoms with Crippen LogP contribution in [0.3, 0.4) is 0 Å². The first-order valence-corrected chi connectivity index (χ1v) is 14.3. The summed E-state index contributed by atoms with van der Waals surface area (Å²) >= 11 is 6.06. The molecule has 2 aliphatic rings. The largest absolute Gasteiger partial charge is 0.492 e. The van der Waals surface area contributed by atoms with Crippen LogP contribution in [0.15, 0.2) is 59.8 Å². The second-order valence-corrected chi connectivity index (χ2v) is 11.3. The van der Waals surface area contributed by atoms with Crippen molar-refractivity contribution in [2.75, 3.05) is 25.5 Å². The van der Waals surface area contributed by atoms with Crippen molar-refractivity contribution in [3.63, 3.8) is 0 Å². The molecule has 2 heterocycles. The number of esters is 1. The van der Waals surface area contributed by atoms with Gasteiger partial charge in [-0.15, -0.1) is 0 Å². The zero-order valence-electron chi connectivity index (χ0n) is 21.7. The Balaban J connectivity index is 0.00000420. The fourth-order valence-electron chi connectivity index (χ4n) is 4.65. The predicted molar refractivity (Wildman–Crippen MR) is 145 cm³/mol. The molecule has 0 aromatic heterocycles. The van der Waals surface area contributed by atoms with E-state index in [0.717, 1.165) is 18.4 Å². The predicted octanol–water partition coefficient (Wildman–Crippen LogP) is 4.28. The molecule has 1 fully saturated rings. The van der Waals surface area contributed by atoms with Crippen molar-refractivity contribution in [3.8, 4) is 5.75 Å². The maximum atomic E-state index is 13.4. The monoisotopic (exact) mass is 580 g/mol. The zero-order chi connectivity index (χ0) is 27.3. The third kappa shape index (κ3) is 8.26. The summed E-state index contributed by atoms with van der Waals surface area (Å²) in [7, 11) is -4.10. The van der Waals surface area contributed by atoms with Gasteiger partial charge in [-0.2, -0.15) is 8.42 Å². The summed E-state index contributed by atoms with van der Waals surface area (Å²) in [4.78, 5) is 28.2. The number of ether oxygens (including phenoxy) is 3. The van der Waals surface area contributed by atoms with E-state index < -0.39 is 27.8 Å². The van der Waals surface area contributed by atoms with Crippen molar-refractivity contribution < 1.29 is 36.8 Å². The van der Waals surface area contributed by atoms with Crippen molar-refractivity contribution in [1.82, 2.24) is 11.1 Å². The molecule has 1 saturated heterocycles. The summed E-state index contributed by atoms with van der Waals surface area (Å²) in [5, 5.41) is 0.561. The molecule has 0 saturated carbocycles. The van der Waals surface area contributed by atoms with Gasteiger partial charge in [-0.1, -0.05) is 35.9 Å². The SMILES string of the molecule is CC1=C(C(=O)OCc2ccc(OCCS(=O)(=O)O)cc2)[C@H](c2ccc(Cl)cc2)CC(=O)N1C[C@H]1CCCO1.N. The molecule has 0 bridgehead atoms. The minimum Gasteiger partial charge on any atom is -0.492 e. The molecule has 0 spiro atoms. The van der Waals surface area contributed by atoms with Crippen molar-refractivity contribution in [2.45, 2.75) is 44.8 Å². The lowest BCUT2D eigenvalue weighted by Crippen LogP contribution is -2.42. The molecular weight excluding hydrogens is 548 g/mol. The van der Waals surface area contributed by atoms with Gasteiger partial charge in [0.25, 0.3) is 10.1 Å². The van der Waals surface area contributed by atoms with E-state index in [2.05, 4.69) is 0 Å². The van der Waals surface area contributed by atoms with Crippen LogP contribution in [0.4, 0.5) is 0 Å².